The van der Waals surface area contributed by atoms with Gasteiger partial charge in [0.2, 0.25) is 0 Å². The lowest BCUT2D eigenvalue weighted by Crippen LogP contribution is -2.33. The topological polar surface area (TPSA) is 133 Å². The molecular weight excluding hydrogens is 256 g/mol. The van der Waals surface area contributed by atoms with Crippen LogP contribution in [0.1, 0.15) is 6.23 Å². The van der Waals surface area contributed by atoms with Crippen LogP contribution < -0.4 is 5.56 Å². The highest BCUT2D eigenvalue weighted by atomic mass is 16.6. The van der Waals surface area contributed by atoms with E-state index in [0.717, 1.165) is 0 Å². The van der Waals surface area contributed by atoms with E-state index in [1.807, 2.05) is 0 Å². The molecule has 0 amide bonds. The smallest absolute Gasteiger partial charge is 0.278 e. The summed E-state index contributed by atoms with van der Waals surface area (Å²) in [6.45, 7) is -0.421. The van der Waals surface area contributed by atoms with E-state index < -0.39 is 36.7 Å². The maximum atomic E-state index is 11.5. The van der Waals surface area contributed by atoms with Crippen LogP contribution in [0.2, 0.25) is 0 Å². The van der Waals surface area contributed by atoms with Crippen molar-refractivity contribution in [3.8, 4) is 0 Å². The summed E-state index contributed by atoms with van der Waals surface area (Å²) in [6.07, 6.45) is -1.78. The monoisotopic (exact) mass is 268 g/mol. The first-order chi connectivity index (χ1) is 9.13. The van der Waals surface area contributed by atoms with Crippen LogP contribution in [0, 0.1) is 0 Å². The number of ether oxygens (including phenoxy) is 1. The van der Waals surface area contributed by atoms with Gasteiger partial charge in [-0.05, 0) is 0 Å². The molecule has 0 saturated carbocycles. The van der Waals surface area contributed by atoms with E-state index >= 15 is 0 Å². The third kappa shape index (κ3) is 1.75. The van der Waals surface area contributed by atoms with E-state index in [9.17, 15) is 15.0 Å². The number of H-pyrrole nitrogens is 1. The van der Waals surface area contributed by atoms with Gasteiger partial charge in [0.25, 0.3) is 5.56 Å². The summed E-state index contributed by atoms with van der Waals surface area (Å²) in [5.74, 6) is 0. The zero-order valence-corrected chi connectivity index (χ0v) is 9.67. The van der Waals surface area contributed by atoms with E-state index in [1.54, 1.807) is 0 Å². The first-order valence-electron chi connectivity index (χ1n) is 5.66. The minimum atomic E-state index is -1.24. The molecule has 0 spiro atoms. The number of nitrogens with zero attached hydrogens (tertiary/aromatic N) is 3. The van der Waals surface area contributed by atoms with Gasteiger partial charge >= 0.3 is 0 Å². The number of aliphatic hydroxyl groups excluding tert-OH is 3. The second-order valence-corrected chi connectivity index (χ2v) is 4.28. The first-order valence-corrected chi connectivity index (χ1v) is 5.66. The Morgan fingerprint density at radius 3 is 2.84 bits per heavy atom. The van der Waals surface area contributed by atoms with Crippen LogP contribution in [-0.4, -0.2) is 59.8 Å². The molecule has 19 heavy (non-hydrogen) atoms. The van der Waals surface area contributed by atoms with Gasteiger partial charge in [-0.25, -0.2) is 9.97 Å². The van der Waals surface area contributed by atoms with Crippen LogP contribution in [0.25, 0.3) is 11.2 Å². The van der Waals surface area contributed by atoms with Crippen molar-refractivity contribution in [3.63, 3.8) is 0 Å². The van der Waals surface area contributed by atoms with E-state index in [-0.39, 0.29) is 11.2 Å². The Labute approximate surface area is 106 Å². The number of aromatic amines is 1. The largest absolute Gasteiger partial charge is 0.394 e. The molecule has 1 aliphatic heterocycles. The second-order valence-electron chi connectivity index (χ2n) is 4.28. The lowest BCUT2D eigenvalue weighted by atomic mass is 10.1. The molecule has 1 aliphatic rings. The van der Waals surface area contributed by atoms with Gasteiger partial charge in [0.05, 0.1) is 19.3 Å². The van der Waals surface area contributed by atoms with E-state index in [2.05, 4.69) is 15.0 Å². The minimum absolute atomic E-state index is 0.111. The van der Waals surface area contributed by atoms with Gasteiger partial charge in [0.1, 0.15) is 18.3 Å². The van der Waals surface area contributed by atoms with Crippen LogP contribution in [0.15, 0.2) is 17.4 Å². The molecule has 3 heterocycles. The fraction of sp³-hybridized carbons (Fsp3) is 0.500. The summed E-state index contributed by atoms with van der Waals surface area (Å²) in [6, 6.07) is 0. The van der Waals surface area contributed by atoms with Crippen molar-refractivity contribution in [2.75, 3.05) is 6.61 Å². The number of nitrogens with one attached hydrogen (secondary N) is 1. The highest BCUT2D eigenvalue weighted by Crippen LogP contribution is 2.30. The van der Waals surface area contributed by atoms with Crippen LogP contribution in [-0.2, 0) is 4.74 Å². The van der Waals surface area contributed by atoms with Gasteiger partial charge in [0.15, 0.2) is 17.4 Å². The molecule has 0 aromatic carbocycles. The summed E-state index contributed by atoms with van der Waals surface area (Å²) >= 11 is 0. The van der Waals surface area contributed by atoms with E-state index in [4.69, 9.17) is 9.84 Å². The SMILES string of the molecule is O=c1[nH]cnc2c1ncn2[C@@H]1O[C@@H](CO)[C@H](O)[C@H]1O. The summed E-state index contributed by atoms with van der Waals surface area (Å²) in [5, 5.41) is 28.6. The zero-order valence-electron chi connectivity index (χ0n) is 9.67. The number of fused-ring (bicyclic) bond motifs is 1. The first kappa shape index (κ1) is 12.2. The van der Waals surface area contributed by atoms with Crippen LogP contribution >= 0.6 is 0 Å². The molecule has 0 radical (unpaired) electrons. The van der Waals surface area contributed by atoms with Crippen molar-refractivity contribution in [2.45, 2.75) is 24.5 Å². The number of rotatable bonds is 2. The van der Waals surface area contributed by atoms with Crippen molar-refractivity contribution in [1.29, 1.82) is 0 Å². The lowest BCUT2D eigenvalue weighted by Gasteiger charge is -2.16. The van der Waals surface area contributed by atoms with Crippen molar-refractivity contribution in [1.82, 2.24) is 19.5 Å². The molecule has 4 N–H and O–H groups in total. The highest BCUT2D eigenvalue weighted by molar-refractivity contribution is 5.68. The normalized spacial score (nSPS) is 31.1. The Morgan fingerprint density at radius 2 is 2.16 bits per heavy atom. The molecule has 3 rings (SSSR count). The van der Waals surface area contributed by atoms with Crippen molar-refractivity contribution >= 4 is 11.2 Å². The maximum absolute atomic E-state index is 11.5. The Bertz CT molecular complexity index is 653. The molecule has 1 saturated heterocycles. The van der Waals surface area contributed by atoms with Gasteiger partial charge in [0, 0.05) is 0 Å². The third-order valence-corrected chi connectivity index (χ3v) is 3.16. The quantitative estimate of drug-likeness (QED) is 0.482. The Balaban J connectivity index is 2.06. The number of hydrogen-bond donors (Lipinski definition) is 4. The Kier molecular flexibility index (Phi) is 2.82. The number of aliphatic hydroxyl groups is 3. The van der Waals surface area contributed by atoms with Gasteiger partial charge in [-0.15, -0.1) is 0 Å². The second kappa shape index (κ2) is 4.38. The Hall–Kier alpha value is -1.81. The van der Waals surface area contributed by atoms with Crippen molar-refractivity contribution in [3.05, 3.63) is 23.0 Å². The standard InChI is InChI=1S/C10H12N4O5/c15-1-4-6(16)7(17)10(19-4)14-3-13-5-8(14)11-2-12-9(5)18/h2-4,6-7,10,15-17H,1H2,(H,11,12,18)/t4-,6-,7+,10+/m0/s1. The molecule has 9 nitrogen and oxygen atoms in total. The summed E-state index contributed by atoms with van der Waals surface area (Å²) in [7, 11) is 0. The molecule has 2 aromatic heterocycles. The summed E-state index contributed by atoms with van der Waals surface area (Å²) in [4.78, 5) is 21.8. The maximum Gasteiger partial charge on any atom is 0.278 e. The van der Waals surface area contributed by atoms with Crippen LogP contribution in [0.3, 0.4) is 0 Å². The zero-order chi connectivity index (χ0) is 13.6. The van der Waals surface area contributed by atoms with Gasteiger partial charge in [-0.1, -0.05) is 0 Å². The number of aromatic nitrogens is 4. The highest BCUT2D eigenvalue weighted by Gasteiger charge is 2.43. The fourth-order valence-corrected chi connectivity index (χ4v) is 2.16. The molecule has 0 unspecified atom stereocenters. The average molecular weight is 268 g/mol. The van der Waals surface area contributed by atoms with E-state index in [0.29, 0.717) is 0 Å². The molecule has 1 fully saturated rings. The van der Waals surface area contributed by atoms with Crippen molar-refractivity contribution < 1.29 is 20.1 Å². The van der Waals surface area contributed by atoms with Gasteiger partial charge < -0.3 is 25.0 Å². The fourth-order valence-electron chi connectivity index (χ4n) is 2.16. The molecule has 9 heteroatoms. The molecule has 0 aliphatic carbocycles. The van der Waals surface area contributed by atoms with E-state index in [1.165, 1.54) is 17.2 Å². The summed E-state index contributed by atoms with van der Waals surface area (Å²) < 4.78 is 6.70. The molecule has 0 bridgehead atoms. The molecule has 2 aromatic rings. The molecule has 4 atom stereocenters. The number of imidazole rings is 1. The average Bonchev–Trinajstić information content (AvgIpc) is 2.94. The third-order valence-electron chi connectivity index (χ3n) is 3.16. The summed E-state index contributed by atoms with van der Waals surface area (Å²) in [5.41, 5.74) is -0.0608. The van der Waals surface area contributed by atoms with Crippen molar-refractivity contribution in [2.24, 2.45) is 0 Å². The lowest BCUT2D eigenvalue weighted by molar-refractivity contribution is -0.0511. The minimum Gasteiger partial charge on any atom is -0.394 e. The van der Waals surface area contributed by atoms with Gasteiger partial charge in [-0.2, -0.15) is 0 Å². The van der Waals surface area contributed by atoms with Crippen LogP contribution in [0.4, 0.5) is 0 Å². The Morgan fingerprint density at radius 1 is 1.37 bits per heavy atom. The molecule has 102 valence electrons. The van der Waals surface area contributed by atoms with Crippen LogP contribution in [0.5, 0.6) is 0 Å². The predicted octanol–water partition coefficient (Wildman–Crippen LogP) is -2.27. The predicted molar refractivity (Wildman–Crippen MR) is 61.2 cm³/mol. The molecular formula is C10H12N4O5. The number of hydrogen-bond acceptors (Lipinski definition) is 7. The van der Waals surface area contributed by atoms with Gasteiger partial charge in [-0.3, -0.25) is 9.36 Å².